The van der Waals surface area contributed by atoms with Crippen LogP contribution in [0.3, 0.4) is 0 Å². The fourth-order valence-corrected chi connectivity index (χ4v) is 3.74. The molecule has 2 aromatic rings. The first-order valence-electron chi connectivity index (χ1n) is 8.94. The Balaban J connectivity index is 1.91. The minimum absolute atomic E-state index is 0.0391. The molecule has 6 nitrogen and oxygen atoms in total. The number of benzene rings is 2. The van der Waals surface area contributed by atoms with Crippen LogP contribution in [0.1, 0.15) is 24.5 Å². The van der Waals surface area contributed by atoms with Gasteiger partial charge < -0.3 is 14.6 Å². The lowest BCUT2D eigenvalue weighted by Crippen LogP contribution is -2.54. The third-order valence-electron chi connectivity index (χ3n) is 5.01. The number of halogens is 3. The monoisotopic (exact) mass is 406 g/mol. The number of carbonyl (C=O) groups excluding carboxylic acids is 1. The first kappa shape index (κ1) is 19.3. The second-order valence-electron chi connectivity index (χ2n) is 6.82. The van der Waals surface area contributed by atoms with Gasteiger partial charge in [0.1, 0.15) is 23.2 Å². The molecule has 2 unspecified atom stereocenters. The van der Waals surface area contributed by atoms with Crippen LogP contribution in [0.25, 0.3) is 0 Å². The zero-order valence-electron chi connectivity index (χ0n) is 15.4. The third kappa shape index (κ3) is 3.02. The quantitative estimate of drug-likeness (QED) is 0.851. The van der Waals surface area contributed by atoms with Crippen molar-refractivity contribution in [2.24, 2.45) is 11.0 Å². The molecular weight excluding hydrogens is 389 g/mol. The number of nitrogens with zero attached hydrogens (tertiary/aromatic N) is 2. The Morgan fingerprint density at radius 1 is 1.24 bits per heavy atom. The highest BCUT2D eigenvalue weighted by Gasteiger charge is 2.58. The van der Waals surface area contributed by atoms with Crippen molar-refractivity contribution in [3.8, 4) is 5.75 Å². The van der Waals surface area contributed by atoms with Gasteiger partial charge in [-0.1, -0.05) is 0 Å². The summed E-state index contributed by atoms with van der Waals surface area (Å²) in [6.07, 6.45) is 0.133. The van der Waals surface area contributed by atoms with E-state index in [0.29, 0.717) is 0 Å². The van der Waals surface area contributed by atoms with Crippen molar-refractivity contribution >= 4 is 11.8 Å². The molecule has 1 spiro atoms. The highest BCUT2D eigenvalue weighted by molar-refractivity contribution is 5.97. The fraction of sp³-hybridized carbons (Fsp3) is 0.300. The predicted molar refractivity (Wildman–Crippen MR) is 95.3 cm³/mol. The fourth-order valence-electron chi connectivity index (χ4n) is 3.74. The van der Waals surface area contributed by atoms with E-state index in [9.17, 15) is 23.1 Å². The number of aliphatic hydroxyl groups is 1. The summed E-state index contributed by atoms with van der Waals surface area (Å²) in [5.74, 6) is -3.38. The molecule has 2 aromatic carbocycles. The zero-order chi connectivity index (χ0) is 20.8. The molecule has 1 N–H and O–H groups in total. The number of hydrazone groups is 1. The van der Waals surface area contributed by atoms with Crippen molar-refractivity contribution in [3.63, 3.8) is 0 Å². The summed E-state index contributed by atoms with van der Waals surface area (Å²) in [6, 6.07) is 6.50. The maximum Gasteiger partial charge on any atom is 0.244 e. The van der Waals surface area contributed by atoms with E-state index in [1.807, 2.05) is 0 Å². The molecule has 0 aromatic heterocycles. The topological polar surface area (TPSA) is 71.4 Å². The van der Waals surface area contributed by atoms with Crippen LogP contribution in [0.4, 0.5) is 13.2 Å². The molecule has 0 saturated carbocycles. The van der Waals surface area contributed by atoms with Gasteiger partial charge in [-0.25, -0.2) is 13.2 Å². The number of carbonyl (C=O) groups is 1. The Hall–Kier alpha value is -3.07. The van der Waals surface area contributed by atoms with Gasteiger partial charge in [0.05, 0.1) is 23.7 Å². The summed E-state index contributed by atoms with van der Waals surface area (Å²) in [4.78, 5) is 12.5. The predicted octanol–water partition coefficient (Wildman–Crippen LogP) is 2.89. The van der Waals surface area contributed by atoms with Crippen LogP contribution in [0.5, 0.6) is 5.75 Å². The van der Waals surface area contributed by atoms with E-state index in [1.165, 1.54) is 19.1 Å². The highest BCUT2D eigenvalue weighted by Crippen LogP contribution is 2.50. The Bertz CT molecular complexity index is 1010. The van der Waals surface area contributed by atoms with E-state index in [1.54, 1.807) is 0 Å². The second-order valence-corrected chi connectivity index (χ2v) is 6.82. The van der Waals surface area contributed by atoms with Gasteiger partial charge in [-0.05, 0) is 42.8 Å². The van der Waals surface area contributed by atoms with Crippen molar-refractivity contribution in [2.45, 2.75) is 19.1 Å². The van der Waals surface area contributed by atoms with E-state index < -0.39 is 35.0 Å². The molecule has 0 radical (unpaired) electrons. The lowest BCUT2D eigenvalue weighted by Gasteiger charge is -2.44. The number of amides is 1. The van der Waals surface area contributed by atoms with Gasteiger partial charge >= 0.3 is 0 Å². The van der Waals surface area contributed by atoms with E-state index in [0.717, 1.165) is 29.3 Å². The van der Waals surface area contributed by atoms with E-state index >= 15 is 0 Å². The van der Waals surface area contributed by atoms with Crippen LogP contribution < -0.4 is 4.74 Å². The minimum atomic E-state index is -1.67. The summed E-state index contributed by atoms with van der Waals surface area (Å²) < 4.78 is 53.9. The average Bonchev–Trinajstić information content (AvgIpc) is 3.08. The third-order valence-corrected chi connectivity index (χ3v) is 5.01. The van der Waals surface area contributed by atoms with Crippen molar-refractivity contribution in [3.05, 3.63) is 65.0 Å². The summed E-state index contributed by atoms with van der Waals surface area (Å²) in [6.45, 7) is 1.00. The van der Waals surface area contributed by atoms with Gasteiger partial charge in [-0.3, -0.25) is 4.79 Å². The largest absolute Gasteiger partial charge is 0.493 e. The Labute approximate surface area is 164 Å². The highest BCUT2D eigenvalue weighted by atomic mass is 19.1. The lowest BCUT2D eigenvalue weighted by molar-refractivity contribution is -0.170. The molecule has 1 amide bonds. The van der Waals surface area contributed by atoms with Crippen molar-refractivity contribution in [1.29, 1.82) is 0 Å². The number of rotatable bonds is 3. The van der Waals surface area contributed by atoms with Gasteiger partial charge in [-0.15, -0.1) is 5.10 Å². The van der Waals surface area contributed by atoms with Gasteiger partial charge in [0.15, 0.2) is 0 Å². The first-order chi connectivity index (χ1) is 13.9. The van der Waals surface area contributed by atoms with Crippen LogP contribution in [0.2, 0.25) is 0 Å². The molecule has 2 heterocycles. The number of hydrogen-bond acceptors (Lipinski definition) is 5. The molecule has 152 valence electrons. The molecule has 4 rings (SSSR count). The Kier molecular flexibility index (Phi) is 4.70. The van der Waals surface area contributed by atoms with E-state index in [4.69, 9.17) is 9.47 Å². The van der Waals surface area contributed by atoms with Crippen LogP contribution in [0.15, 0.2) is 41.5 Å². The zero-order valence-corrected chi connectivity index (χ0v) is 15.4. The molecule has 2 aliphatic heterocycles. The standard InChI is InChI=1S/C20H17F3N2O4/c1-11(27)25-20(29-19(24-25)15-8-13(21)2-4-17(15)23)12(6-7-26)10-28-18-5-3-14(22)9-16(18)20/h2-5,8-9,12,26H,6-7,10H2,1H3. The lowest BCUT2D eigenvalue weighted by atomic mass is 9.83. The molecular formula is C20H17F3N2O4. The number of hydrogen-bond donors (Lipinski definition) is 1. The number of aliphatic hydroxyl groups excluding tert-OH is 1. The van der Waals surface area contributed by atoms with Gasteiger partial charge in [0, 0.05) is 13.5 Å². The molecule has 0 aliphatic carbocycles. The van der Waals surface area contributed by atoms with Crippen molar-refractivity contribution in [1.82, 2.24) is 5.01 Å². The minimum Gasteiger partial charge on any atom is -0.493 e. The summed E-state index contributed by atoms with van der Waals surface area (Å²) >= 11 is 0. The van der Waals surface area contributed by atoms with E-state index in [2.05, 4.69) is 5.10 Å². The normalized spacial score (nSPS) is 22.7. The summed E-state index contributed by atoms with van der Waals surface area (Å²) in [5.41, 5.74) is -1.77. The second kappa shape index (κ2) is 7.07. The van der Waals surface area contributed by atoms with E-state index in [-0.39, 0.29) is 42.4 Å². The van der Waals surface area contributed by atoms with Gasteiger partial charge in [-0.2, -0.15) is 5.01 Å². The van der Waals surface area contributed by atoms with Crippen LogP contribution in [-0.4, -0.2) is 35.1 Å². The first-order valence-corrected chi connectivity index (χ1v) is 8.94. The Morgan fingerprint density at radius 2 is 1.97 bits per heavy atom. The van der Waals surface area contributed by atoms with Gasteiger partial charge in [0.2, 0.25) is 17.5 Å². The molecule has 9 heteroatoms. The van der Waals surface area contributed by atoms with Crippen molar-refractivity contribution < 1.29 is 32.5 Å². The SMILES string of the molecule is CC(=O)N1N=C(c2cc(F)ccc2F)OC12c1cc(F)ccc1OCC2CCO. The smallest absolute Gasteiger partial charge is 0.244 e. The number of ether oxygens (including phenoxy) is 2. The summed E-state index contributed by atoms with van der Waals surface area (Å²) in [5, 5.41) is 14.6. The van der Waals surface area contributed by atoms with Crippen LogP contribution in [-0.2, 0) is 15.3 Å². The summed E-state index contributed by atoms with van der Waals surface area (Å²) in [7, 11) is 0. The molecule has 0 fully saturated rings. The Morgan fingerprint density at radius 3 is 2.69 bits per heavy atom. The molecule has 2 aliphatic rings. The molecule has 0 saturated heterocycles. The number of fused-ring (bicyclic) bond motifs is 2. The van der Waals surface area contributed by atoms with Crippen LogP contribution >= 0.6 is 0 Å². The van der Waals surface area contributed by atoms with Crippen molar-refractivity contribution in [2.75, 3.05) is 13.2 Å². The maximum absolute atomic E-state index is 14.4. The van der Waals surface area contributed by atoms with Crippen LogP contribution in [0, 0.1) is 23.4 Å². The maximum atomic E-state index is 14.4. The molecule has 29 heavy (non-hydrogen) atoms. The average molecular weight is 406 g/mol. The van der Waals surface area contributed by atoms with Gasteiger partial charge in [0.25, 0.3) is 0 Å². The molecule has 0 bridgehead atoms. The molecule has 2 atom stereocenters.